The Labute approximate surface area is 111 Å². The van der Waals surface area contributed by atoms with Gasteiger partial charge in [0.05, 0.1) is 5.56 Å². The highest BCUT2D eigenvalue weighted by Crippen LogP contribution is 2.17. The predicted octanol–water partition coefficient (Wildman–Crippen LogP) is 3.70. The van der Waals surface area contributed by atoms with Gasteiger partial charge in [-0.3, -0.25) is 4.79 Å². The van der Waals surface area contributed by atoms with E-state index >= 15 is 0 Å². The van der Waals surface area contributed by atoms with Gasteiger partial charge in [-0.25, -0.2) is 4.39 Å². The van der Waals surface area contributed by atoms with Gasteiger partial charge in [0.25, 0.3) is 0 Å². The number of benzene rings is 2. The molecule has 0 unspecified atom stereocenters. The molecule has 0 saturated carbocycles. The maximum Gasteiger partial charge on any atom is 0.203 e. The predicted molar refractivity (Wildman–Crippen MR) is 72.1 cm³/mol. The zero-order valence-corrected chi connectivity index (χ0v) is 10.9. The summed E-state index contributed by atoms with van der Waals surface area (Å²) in [5.41, 5.74) is 1.55. The molecule has 0 aliphatic carbocycles. The second kappa shape index (κ2) is 5.65. The molecule has 0 atom stereocenters. The highest BCUT2D eigenvalue weighted by Gasteiger charge is 2.15. The monoisotopic (exact) mass is 258 g/mol. The van der Waals surface area contributed by atoms with Crippen LogP contribution in [-0.4, -0.2) is 12.4 Å². The van der Waals surface area contributed by atoms with Crippen LogP contribution in [-0.2, 0) is 0 Å². The summed E-state index contributed by atoms with van der Waals surface area (Å²) in [6.07, 6.45) is 0. The lowest BCUT2D eigenvalue weighted by molar-refractivity contribution is 0.0917. The molecule has 0 amide bonds. The Morgan fingerprint density at radius 3 is 2.47 bits per heavy atom. The zero-order chi connectivity index (χ0) is 13.8. The van der Waals surface area contributed by atoms with Gasteiger partial charge in [-0.05, 0) is 43.2 Å². The molecule has 2 aromatic carbocycles. The Kier molecular flexibility index (Phi) is 3.95. The van der Waals surface area contributed by atoms with Gasteiger partial charge in [0.15, 0.2) is 6.61 Å². The molecule has 98 valence electrons. The van der Waals surface area contributed by atoms with E-state index in [0.717, 1.165) is 5.56 Å². The standard InChI is InChI=1S/C16H15FO2/c1-11-8-12(2)16(14(17)9-11)15(18)10-19-13-6-4-3-5-7-13/h3-9H,10H2,1-2H3. The largest absolute Gasteiger partial charge is 0.485 e. The van der Waals surface area contributed by atoms with Crippen molar-refractivity contribution in [3.8, 4) is 5.75 Å². The van der Waals surface area contributed by atoms with Gasteiger partial charge < -0.3 is 4.74 Å². The van der Waals surface area contributed by atoms with Crippen LogP contribution >= 0.6 is 0 Å². The van der Waals surface area contributed by atoms with Crippen molar-refractivity contribution >= 4 is 5.78 Å². The smallest absolute Gasteiger partial charge is 0.203 e. The number of carbonyl (C=O) groups excluding carboxylic acids is 1. The van der Waals surface area contributed by atoms with Crippen molar-refractivity contribution in [2.75, 3.05) is 6.61 Å². The molecule has 0 spiro atoms. The third kappa shape index (κ3) is 3.19. The number of para-hydroxylation sites is 1. The first-order valence-corrected chi connectivity index (χ1v) is 6.05. The van der Waals surface area contributed by atoms with E-state index in [9.17, 15) is 9.18 Å². The molecule has 0 fully saturated rings. The van der Waals surface area contributed by atoms with Crippen molar-refractivity contribution in [2.45, 2.75) is 13.8 Å². The van der Waals surface area contributed by atoms with E-state index in [1.807, 2.05) is 18.2 Å². The molecule has 0 bridgehead atoms. The Morgan fingerprint density at radius 2 is 1.84 bits per heavy atom. The molecule has 19 heavy (non-hydrogen) atoms. The van der Waals surface area contributed by atoms with E-state index in [-0.39, 0.29) is 18.0 Å². The van der Waals surface area contributed by atoms with Crippen LogP contribution in [0.5, 0.6) is 5.75 Å². The van der Waals surface area contributed by atoms with Crippen LogP contribution in [0.2, 0.25) is 0 Å². The number of halogens is 1. The normalized spacial score (nSPS) is 10.3. The van der Waals surface area contributed by atoms with Crippen molar-refractivity contribution in [3.05, 3.63) is 65.0 Å². The Bertz CT molecular complexity index is 568. The first-order valence-electron chi connectivity index (χ1n) is 6.05. The number of rotatable bonds is 4. The van der Waals surface area contributed by atoms with Crippen molar-refractivity contribution in [1.82, 2.24) is 0 Å². The lowest BCUT2D eigenvalue weighted by atomic mass is 10.0. The molecule has 0 heterocycles. The molecule has 0 N–H and O–H groups in total. The molecular weight excluding hydrogens is 243 g/mol. The van der Waals surface area contributed by atoms with E-state index in [4.69, 9.17) is 4.74 Å². The minimum Gasteiger partial charge on any atom is -0.485 e. The van der Waals surface area contributed by atoms with E-state index in [1.165, 1.54) is 6.07 Å². The Morgan fingerprint density at radius 1 is 1.16 bits per heavy atom. The molecule has 2 nitrogen and oxygen atoms in total. The molecule has 0 radical (unpaired) electrons. The minimum atomic E-state index is -0.487. The molecule has 3 heteroatoms. The highest BCUT2D eigenvalue weighted by atomic mass is 19.1. The van der Waals surface area contributed by atoms with Gasteiger partial charge in [0, 0.05) is 0 Å². The number of Topliss-reactive ketones (excluding diaryl/α,β-unsaturated/α-hetero) is 1. The molecule has 2 aromatic rings. The number of ether oxygens (including phenoxy) is 1. The average Bonchev–Trinajstić information content (AvgIpc) is 2.36. The number of hydrogen-bond donors (Lipinski definition) is 0. The summed E-state index contributed by atoms with van der Waals surface area (Å²) in [7, 11) is 0. The summed E-state index contributed by atoms with van der Waals surface area (Å²) in [5, 5.41) is 0. The van der Waals surface area contributed by atoms with Gasteiger partial charge in [-0.15, -0.1) is 0 Å². The van der Waals surface area contributed by atoms with Crippen LogP contribution < -0.4 is 4.74 Å². The fourth-order valence-electron chi connectivity index (χ4n) is 2.01. The molecule has 0 aliphatic rings. The lowest BCUT2D eigenvalue weighted by Gasteiger charge is -2.09. The second-order valence-corrected chi connectivity index (χ2v) is 4.46. The van der Waals surface area contributed by atoms with Crippen molar-refractivity contribution in [2.24, 2.45) is 0 Å². The van der Waals surface area contributed by atoms with Gasteiger partial charge in [0.1, 0.15) is 11.6 Å². The van der Waals surface area contributed by atoms with E-state index in [0.29, 0.717) is 11.3 Å². The summed E-state index contributed by atoms with van der Waals surface area (Å²) in [4.78, 5) is 12.0. The fraction of sp³-hybridized carbons (Fsp3) is 0.188. The van der Waals surface area contributed by atoms with Crippen molar-refractivity contribution in [3.63, 3.8) is 0 Å². The quantitative estimate of drug-likeness (QED) is 0.781. The summed E-state index contributed by atoms with van der Waals surface area (Å²) in [6, 6.07) is 12.2. The van der Waals surface area contributed by atoms with Crippen LogP contribution in [0.25, 0.3) is 0 Å². The summed E-state index contributed by atoms with van der Waals surface area (Å²) < 4.78 is 19.2. The summed E-state index contributed by atoms with van der Waals surface area (Å²) >= 11 is 0. The first kappa shape index (κ1) is 13.3. The molecular formula is C16H15FO2. The highest BCUT2D eigenvalue weighted by molar-refractivity contribution is 5.98. The van der Waals surface area contributed by atoms with Gasteiger partial charge in [0.2, 0.25) is 5.78 Å². The topological polar surface area (TPSA) is 26.3 Å². The molecule has 0 aliphatic heterocycles. The van der Waals surface area contributed by atoms with Gasteiger partial charge in [-0.1, -0.05) is 24.3 Å². The summed E-state index contributed by atoms with van der Waals surface area (Å²) in [5.74, 6) is -0.237. The molecule has 0 aromatic heterocycles. The van der Waals surface area contributed by atoms with E-state index < -0.39 is 5.82 Å². The SMILES string of the molecule is Cc1cc(C)c(C(=O)COc2ccccc2)c(F)c1. The Hall–Kier alpha value is -2.16. The number of aryl methyl sites for hydroxylation is 2. The number of ketones is 1. The fourth-order valence-corrected chi connectivity index (χ4v) is 2.01. The second-order valence-electron chi connectivity index (χ2n) is 4.46. The Balaban J connectivity index is 2.13. The number of carbonyl (C=O) groups is 1. The van der Waals surface area contributed by atoms with Crippen molar-refractivity contribution < 1.29 is 13.9 Å². The van der Waals surface area contributed by atoms with Gasteiger partial charge in [-0.2, -0.15) is 0 Å². The summed E-state index contributed by atoms with van der Waals surface area (Å²) in [6.45, 7) is 3.36. The average molecular weight is 258 g/mol. The first-order chi connectivity index (χ1) is 9.08. The maximum atomic E-state index is 13.8. The molecule has 0 saturated heterocycles. The molecule has 2 rings (SSSR count). The number of hydrogen-bond acceptors (Lipinski definition) is 2. The van der Waals surface area contributed by atoms with Crippen LogP contribution in [0.1, 0.15) is 21.5 Å². The van der Waals surface area contributed by atoms with Crippen LogP contribution in [0.4, 0.5) is 4.39 Å². The van der Waals surface area contributed by atoms with Gasteiger partial charge >= 0.3 is 0 Å². The van der Waals surface area contributed by atoms with E-state index in [2.05, 4.69) is 0 Å². The third-order valence-electron chi connectivity index (χ3n) is 2.82. The maximum absolute atomic E-state index is 13.8. The lowest BCUT2D eigenvalue weighted by Crippen LogP contribution is -2.15. The van der Waals surface area contributed by atoms with Crippen LogP contribution in [0.3, 0.4) is 0 Å². The van der Waals surface area contributed by atoms with Crippen LogP contribution in [0.15, 0.2) is 42.5 Å². The van der Waals surface area contributed by atoms with Crippen molar-refractivity contribution in [1.29, 1.82) is 0 Å². The van der Waals surface area contributed by atoms with E-state index in [1.54, 1.807) is 32.0 Å². The zero-order valence-electron chi connectivity index (χ0n) is 10.9. The van der Waals surface area contributed by atoms with Crippen LogP contribution in [0, 0.1) is 19.7 Å². The minimum absolute atomic E-state index is 0.113. The third-order valence-corrected chi connectivity index (χ3v) is 2.82.